The van der Waals surface area contributed by atoms with Gasteiger partial charge in [-0.25, -0.2) is 0 Å². The summed E-state index contributed by atoms with van der Waals surface area (Å²) in [6, 6.07) is 24.5. The maximum Gasteiger partial charge on any atom is 0.251 e. The third kappa shape index (κ3) is 5.29. The van der Waals surface area contributed by atoms with Crippen LogP contribution in [-0.4, -0.2) is 44.1 Å². The van der Waals surface area contributed by atoms with Gasteiger partial charge in [0.1, 0.15) is 5.75 Å². The quantitative estimate of drug-likeness (QED) is 0.610. The lowest BCUT2D eigenvalue weighted by atomic mass is 10.1. The Bertz CT molecular complexity index is 1040. The molecule has 1 aliphatic heterocycles. The van der Waals surface area contributed by atoms with Crippen molar-refractivity contribution in [2.24, 2.45) is 0 Å². The Balaban J connectivity index is 1.35. The largest absolute Gasteiger partial charge is 0.496 e. The predicted molar refractivity (Wildman–Crippen MR) is 129 cm³/mol. The van der Waals surface area contributed by atoms with E-state index in [1.165, 1.54) is 11.3 Å². The number of para-hydroxylation sites is 1. The summed E-state index contributed by atoms with van der Waals surface area (Å²) in [4.78, 5) is 17.6. The number of hydrogen-bond donors (Lipinski definition) is 1. The molecule has 0 unspecified atom stereocenters. The van der Waals surface area contributed by atoms with Crippen LogP contribution in [0.15, 0.2) is 72.8 Å². The number of carbonyl (C=O) groups is 1. The maximum absolute atomic E-state index is 12.7. The number of anilines is 1. The van der Waals surface area contributed by atoms with E-state index in [0.717, 1.165) is 49.6 Å². The number of benzene rings is 3. The van der Waals surface area contributed by atoms with E-state index in [2.05, 4.69) is 63.6 Å². The lowest BCUT2D eigenvalue weighted by Gasteiger charge is -2.36. The van der Waals surface area contributed by atoms with Crippen molar-refractivity contribution in [2.75, 3.05) is 38.2 Å². The SMILES string of the molecule is COc1cc(C(=O)NCc2ccccc2CN2CCN(c3ccccc3)CC2)ccc1C. The van der Waals surface area contributed by atoms with Crippen molar-refractivity contribution in [3.63, 3.8) is 0 Å². The third-order valence-electron chi connectivity index (χ3n) is 6.12. The van der Waals surface area contributed by atoms with Gasteiger partial charge in [-0.2, -0.15) is 0 Å². The minimum atomic E-state index is -0.0884. The van der Waals surface area contributed by atoms with E-state index in [9.17, 15) is 4.79 Å². The first-order valence-electron chi connectivity index (χ1n) is 11.2. The Labute approximate surface area is 190 Å². The van der Waals surface area contributed by atoms with Gasteiger partial charge in [0.2, 0.25) is 0 Å². The molecule has 1 heterocycles. The van der Waals surface area contributed by atoms with E-state index >= 15 is 0 Å². The molecular formula is C27H31N3O2. The molecule has 0 saturated carbocycles. The van der Waals surface area contributed by atoms with Crippen LogP contribution in [-0.2, 0) is 13.1 Å². The Morgan fingerprint density at radius 2 is 1.59 bits per heavy atom. The zero-order valence-electron chi connectivity index (χ0n) is 18.9. The summed E-state index contributed by atoms with van der Waals surface area (Å²) in [6.07, 6.45) is 0. The number of nitrogens with one attached hydrogen (secondary N) is 1. The standard InChI is InChI=1S/C27H31N3O2/c1-21-12-13-22(18-26(21)32-2)27(31)28-19-23-8-6-7-9-24(23)20-29-14-16-30(17-15-29)25-10-4-3-5-11-25/h3-13,18H,14-17,19-20H2,1-2H3,(H,28,31). The van der Waals surface area contributed by atoms with Crippen LogP contribution in [0.4, 0.5) is 5.69 Å². The lowest BCUT2D eigenvalue weighted by Crippen LogP contribution is -2.46. The fourth-order valence-electron chi connectivity index (χ4n) is 4.17. The highest BCUT2D eigenvalue weighted by Gasteiger charge is 2.18. The van der Waals surface area contributed by atoms with Crippen LogP contribution in [0.5, 0.6) is 5.75 Å². The summed E-state index contributed by atoms with van der Waals surface area (Å²) in [7, 11) is 1.62. The number of amides is 1. The highest BCUT2D eigenvalue weighted by Crippen LogP contribution is 2.20. The second-order valence-corrected chi connectivity index (χ2v) is 8.23. The highest BCUT2D eigenvalue weighted by molar-refractivity contribution is 5.94. The molecule has 1 amide bonds. The van der Waals surface area contributed by atoms with E-state index in [0.29, 0.717) is 12.1 Å². The van der Waals surface area contributed by atoms with Gasteiger partial charge in [0.15, 0.2) is 0 Å². The zero-order chi connectivity index (χ0) is 22.3. The number of methoxy groups -OCH3 is 1. The topological polar surface area (TPSA) is 44.8 Å². The molecule has 0 aliphatic carbocycles. The van der Waals surface area contributed by atoms with Gasteiger partial charge in [-0.15, -0.1) is 0 Å². The maximum atomic E-state index is 12.7. The van der Waals surface area contributed by atoms with Crippen LogP contribution < -0.4 is 15.0 Å². The molecule has 5 heteroatoms. The fraction of sp³-hybridized carbons (Fsp3) is 0.296. The number of piperazine rings is 1. The van der Waals surface area contributed by atoms with Crippen LogP contribution in [0, 0.1) is 6.92 Å². The van der Waals surface area contributed by atoms with Crippen molar-refractivity contribution in [1.29, 1.82) is 0 Å². The molecule has 3 aromatic rings. The molecule has 0 bridgehead atoms. The van der Waals surface area contributed by atoms with Crippen molar-refractivity contribution in [2.45, 2.75) is 20.0 Å². The van der Waals surface area contributed by atoms with Gasteiger partial charge in [0.05, 0.1) is 7.11 Å². The van der Waals surface area contributed by atoms with Crippen molar-refractivity contribution in [3.8, 4) is 5.75 Å². The molecule has 0 radical (unpaired) electrons. The molecule has 5 nitrogen and oxygen atoms in total. The van der Waals surface area contributed by atoms with E-state index in [1.54, 1.807) is 13.2 Å². The number of carbonyl (C=O) groups excluding carboxylic acids is 1. The number of rotatable bonds is 7. The molecule has 1 N–H and O–H groups in total. The van der Waals surface area contributed by atoms with Gasteiger partial charge in [0.25, 0.3) is 5.91 Å². The van der Waals surface area contributed by atoms with Crippen molar-refractivity contribution < 1.29 is 9.53 Å². The fourth-order valence-corrected chi connectivity index (χ4v) is 4.17. The lowest BCUT2D eigenvalue weighted by molar-refractivity contribution is 0.0950. The average Bonchev–Trinajstić information content (AvgIpc) is 2.84. The molecular weight excluding hydrogens is 398 g/mol. The summed E-state index contributed by atoms with van der Waals surface area (Å²) in [6.45, 7) is 7.48. The van der Waals surface area contributed by atoms with Gasteiger partial charge in [-0.1, -0.05) is 48.5 Å². The van der Waals surface area contributed by atoms with Gasteiger partial charge < -0.3 is 15.0 Å². The van der Waals surface area contributed by atoms with Crippen molar-refractivity contribution in [3.05, 3.63) is 95.1 Å². The van der Waals surface area contributed by atoms with Crippen molar-refractivity contribution >= 4 is 11.6 Å². The smallest absolute Gasteiger partial charge is 0.251 e. The third-order valence-corrected chi connectivity index (χ3v) is 6.12. The number of ether oxygens (including phenoxy) is 1. The highest BCUT2D eigenvalue weighted by atomic mass is 16.5. The van der Waals surface area contributed by atoms with Gasteiger partial charge in [0, 0.05) is 50.5 Å². The van der Waals surface area contributed by atoms with Gasteiger partial charge in [-0.05, 0) is 47.9 Å². The van der Waals surface area contributed by atoms with E-state index in [1.807, 2.05) is 25.1 Å². The Kier molecular flexibility index (Phi) is 7.07. The van der Waals surface area contributed by atoms with E-state index in [4.69, 9.17) is 4.74 Å². The van der Waals surface area contributed by atoms with Gasteiger partial charge in [-0.3, -0.25) is 9.69 Å². The molecule has 166 valence electrons. The summed E-state index contributed by atoms with van der Waals surface area (Å²) < 4.78 is 5.35. The predicted octanol–water partition coefficient (Wildman–Crippen LogP) is 4.26. The summed E-state index contributed by atoms with van der Waals surface area (Å²) >= 11 is 0. The van der Waals surface area contributed by atoms with E-state index in [-0.39, 0.29) is 5.91 Å². The number of hydrogen-bond acceptors (Lipinski definition) is 4. The van der Waals surface area contributed by atoms with Crippen molar-refractivity contribution in [1.82, 2.24) is 10.2 Å². The Morgan fingerprint density at radius 1 is 0.906 bits per heavy atom. The minimum absolute atomic E-state index is 0.0884. The average molecular weight is 430 g/mol. The molecule has 0 aromatic heterocycles. The first-order valence-corrected chi connectivity index (χ1v) is 11.2. The second-order valence-electron chi connectivity index (χ2n) is 8.23. The first-order chi connectivity index (χ1) is 15.6. The Hall–Kier alpha value is -3.31. The molecule has 0 spiro atoms. The molecule has 1 saturated heterocycles. The summed E-state index contributed by atoms with van der Waals surface area (Å²) in [5, 5.41) is 3.07. The normalized spacial score (nSPS) is 14.2. The van der Waals surface area contributed by atoms with Crippen LogP contribution in [0.2, 0.25) is 0 Å². The molecule has 3 aromatic carbocycles. The number of aryl methyl sites for hydroxylation is 1. The zero-order valence-corrected chi connectivity index (χ0v) is 18.9. The van der Waals surface area contributed by atoms with Crippen LogP contribution in [0.1, 0.15) is 27.0 Å². The molecule has 1 fully saturated rings. The Morgan fingerprint density at radius 3 is 2.31 bits per heavy atom. The van der Waals surface area contributed by atoms with E-state index < -0.39 is 0 Å². The monoisotopic (exact) mass is 429 g/mol. The van der Waals surface area contributed by atoms with Gasteiger partial charge >= 0.3 is 0 Å². The summed E-state index contributed by atoms with van der Waals surface area (Å²) in [5.74, 6) is 0.641. The first kappa shape index (κ1) is 21.9. The van der Waals surface area contributed by atoms with Crippen LogP contribution in [0.3, 0.4) is 0 Å². The van der Waals surface area contributed by atoms with Crippen LogP contribution >= 0.6 is 0 Å². The molecule has 32 heavy (non-hydrogen) atoms. The number of nitrogens with zero attached hydrogens (tertiary/aromatic N) is 2. The summed E-state index contributed by atoms with van der Waals surface area (Å²) in [5.41, 5.74) is 5.35. The molecule has 0 atom stereocenters. The van der Waals surface area contributed by atoms with Crippen LogP contribution in [0.25, 0.3) is 0 Å². The molecule has 4 rings (SSSR count). The minimum Gasteiger partial charge on any atom is -0.496 e. The second kappa shape index (κ2) is 10.3. The molecule has 1 aliphatic rings.